The summed E-state index contributed by atoms with van der Waals surface area (Å²) in [6.45, 7) is 1.84. The SMILES string of the molecule is O=C(c1ccco1)N1CCN([C@@H](c2ccccc2F)c2sc3nc(-c4ccco4)nn3c2O)CC1. The van der Waals surface area contributed by atoms with Crippen molar-refractivity contribution in [3.63, 3.8) is 0 Å². The molecule has 5 heterocycles. The minimum Gasteiger partial charge on any atom is -0.492 e. The Labute approximate surface area is 202 Å². The number of nitrogens with zero attached hydrogens (tertiary/aromatic N) is 5. The minimum atomic E-state index is -0.572. The van der Waals surface area contributed by atoms with E-state index in [0.29, 0.717) is 58.9 Å². The highest BCUT2D eigenvalue weighted by Gasteiger charge is 2.34. The molecule has 9 nitrogen and oxygen atoms in total. The lowest BCUT2D eigenvalue weighted by atomic mass is 10.0. The van der Waals surface area contributed by atoms with Gasteiger partial charge in [-0.15, -0.1) is 5.10 Å². The summed E-state index contributed by atoms with van der Waals surface area (Å²) in [6, 6.07) is 12.7. The number of thiazole rings is 1. The molecule has 0 unspecified atom stereocenters. The zero-order chi connectivity index (χ0) is 23.9. The molecule has 0 saturated carbocycles. The first-order chi connectivity index (χ1) is 17.1. The molecule has 6 rings (SSSR count). The first-order valence-electron chi connectivity index (χ1n) is 11.0. The molecule has 0 spiro atoms. The van der Waals surface area contributed by atoms with Gasteiger partial charge in [-0.25, -0.2) is 4.39 Å². The van der Waals surface area contributed by atoms with Crippen molar-refractivity contribution >= 4 is 22.2 Å². The molecule has 1 saturated heterocycles. The van der Waals surface area contributed by atoms with Crippen molar-refractivity contribution in [2.24, 2.45) is 0 Å². The molecule has 0 bridgehead atoms. The van der Waals surface area contributed by atoms with Gasteiger partial charge >= 0.3 is 0 Å². The van der Waals surface area contributed by atoms with Crippen molar-refractivity contribution in [3.8, 4) is 17.5 Å². The predicted octanol–water partition coefficient (Wildman–Crippen LogP) is 4.04. The van der Waals surface area contributed by atoms with Gasteiger partial charge in [-0.2, -0.15) is 9.50 Å². The van der Waals surface area contributed by atoms with Crippen LogP contribution in [0, 0.1) is 5.82 Å². The highest BCUT2D eigenvalue weighted by Crippen LogP contribution is 2.41. The largest absolute Gasteiger partial charge is 0.492 e. The lowest BCUT2D eigenvalue weighted by Crippen LogP contribution is -2.49. The number of fused-ring (bicyclic) bond motifs is 1. The third kappa shape index (κ3) is 3.78. The molecular formula is C24H20FN5O4S. The van der Waals surface area contributed by atoms with Crippen LogP contribution in [0.1, 0.15) is 27.0 Å². The number of halogens is 1. The molecule has 4 aromatic heterocycles. The second-order valence-corrected chi connectivity index (χ2v) is 9.14. The number of carbonyl (C=O) groups excluding carboxylic acids is 1. The van der Waals surface area contributed by atoms with Crippen molar-refractivity contribution in [2.75, 3.05) is 26.2 Å². The number of piperazine rings is 1. The highest BCUT2D eigenvalue weighted by molar-refractivity contribution is 7.17. The molecule has 35 heavy (non-hydrogen) atoms. The van der Waals surface area contributed by atoms with E-state index >= 15 is 4.39 Å². The maximum atomic E-state index is 15.0. The van der Waals surface area contributed by atoms with Crippen LogP contribution in [-0.4, -0.2) is 61.6 Å². The number of furan rings is 2. The van der Waals surface area contributed by atoms with Crippen LogP contribution in [0.15, 0.2) is 69.9 Å². The Morgan fingerprint density at radius 3 is 2.49 bits per heavy atom. The minimum absolute atomic E-state index is 0.0994. The smallest absolute Gasteiger partial charge is 0.289 e. The molecule has 0 aliphatic carbocycles. The molecule has 178 valence electrons. The normalized spacial score (nSPS) is 15.6. The first kappa shape index (κ1) is 21.6. The van der Waals surface area contributed by atoms with E-state index in [2.05, 4.69) is 15.0 Å². The maximum Gasteiger partial charge on any atom is 0.289 e. The van der Waals surface area contributed by atoms with Crippen LogP contribution >= 0.6 is 11.3 Å². The summed E-state index contributed by atoms with van der Waals surface area (Å²) in [7, 11) is 0. The summed E-state index contributed by atoms with van der Waals surface area (Å²) in [5.41, 5.74) is 0.435. The van der Waals surface area contributed by atoms with Crippen molar-refractivity contribution in [3.05, 3.63) is 83.1 Å². The van der Waals surface area contributed by atoms with Gasteiger partial charge in [0.05, 0.1) is 23.4 Å². The molecule has 5 aromatic rings. The van der Waals surface area contributed by atoms with Crippen LogP contribution in [0.4, 0.5) is 4.39 Å². The van der Waals surface area contributed by atoms with Gasteiger partial charge in [-0.3, -0.25) is 9.69 Å². The van der Waals surface area contributed by atoms with E-state index in [1.165, 1.54) is 34.4 Å². The standard InChI is InChI=1S/C24H20FN5O4S/c25-16-6-2-1-5-15(16)19(28-9-11-29(12-10-28)22(31)18-8-4-14-34-18)20-23(32)30-24(35-20)26-21(27-30)17-7-3-13-33-17/h1-8,13-14,19,32H,9-12H2/t19-/m0/s1. The third-order valence-corrected chi connectivity index (χ3v) is 7.16. The topological polar surface area (TPSA) is 100 Å². The van der Waals surface area contributed by atoms with E-state index < -0.39 is 6.04 Å². The first-order valence-corrected chi connectivity index (χ1v) is 11.9. The molecule has 0 radical (unpaired) electrons. The maximum absolute atomic E-state index is 15.0. The van der Waals surface area contributed by atoms with Crippen LogP contribution in [-0.2, 0) is 0 Å². The van der Waals surface area contributed by atoms with Gasteiger partial charge in [0.25, 0.3) is 5.91 Å². The second-order valence-electron chi connectivity index (χ2n) is 8.13. The number of carbonyl (C=O) groups is 1. The zero-order valence-electron chi connectivity index (χ0n) is 18.4. The van der Waals surface area contributed by atoms with Crippen LogP contribution < -0.4 is 0 Å². The van der Waals surface area contributed by atoms with E-state index in [4.69, 9.17) is 8.83 Å². The quantitative estimate of drug-likeness (QED) is 0.394. The number of benzene rings is 1. The second kappa shape index (κ2) is 8.67. The third-order valence-electron chi connectivity index (χ3n) is 6.09. The van der Waals surface area contributed by atoms with Gasteiger partial charge in [-0.1, -0.05) is 29.5 Å². The Morgan fingerprint density at radius 2 is 1.80 bits per heavy atom. The summed E-state index contributed by atoms with van der Waals surface area (Å²) in [4.78, 5) is 21.9. The van der Waals surface area contributed by atoms with Gasteiger partial charge in [0, 0.05) is 31.7 Å². The van der Waals surface area contributed by atoms with Gasteiger partial charge in [-0.05, 0) is 30.3 Å². The summed E-state index contributed by atoms with van der Waals surface area (Å²) in [5.74, 6) is 0.489. The van der Waals surface area contributed by atoms with E-state index in [9.17, 15) is 9.90 Å². The number of aromatic nitrogens is 3. The molecule has 1 amide bonds. The fourth-order valence-electron chi connectivity index (χ4n) is 4.38. The lowest BCUT2D eigenvalue weighted by Gasteiger charge is -2.38. The zero-order valence-corrected chi connectivity index (χ0v) is 19.2. The Balaban J connectivity index is 1.33. The highest BCUT2D eigenvalue weighted by atomic mass is 32.1. The fraction of sp³-hybridized carbons (Fsp3) is 0.208. The number of amides is 1. The predicted molar refractivity (Wildman–Crippen MR) is 125 cm³/mol. The Bertz CT molecular complexity index is 1470. The Morgan fingerprint density at radius 1 is 1.03 bits per heavy atom. The van der Waals surface area contributed by atoms with Crippen LogP contribution in [0.2, 0.25) is 0 Å². The van der Waals surface area contributed by atoms with Crippen LogP contribution in [0.5, 0.6) is 5.88 Å². The molecule has 1 aromatic carbocycles. The Kier molecular flexibility index (Phi) is 5.34. The summed E-state index contributed by atoms with van der Waals surface area (Å²) in [5, 5.41) is 15.5. The van der Waals surface area contributed by atoms with Gasteiger partial charge in [0.15, 0.2) is 11.5 Å². The van der Waals surface area contributed by atoms with E-state index in [1.807, 2.05) is 0 Å². The number of hydrogen-bond acceptors (Lipinski definition) is 8. The number of rotatable bonds is 5. The van der Waals surface area contributed by atoms with Crippen LogP contribution in [0.3, 0.4) is 0 Å². The molecule has 11 heteroatoms. The number of aromatic hydroxyl groups is 1. The molecule has 1 fully saturated rings. The Hall–Kier alpha value is -3.96. The summed E-state index contributed by atoms with van der Waals surface area (Å²) in [6.07, 6.45) is 3.00. The van der Waals surface area contributed by atoms with Gasteiger partial charge < -0.3 is 18.8 Å². The van der Waals surface area contributed by atoms with Gasteiger partial charge in [0.2, 0.25) is 16.7 Å². The lowest BCUT2D eigenvalue weighted by molar-refractivity contribution is 0.0565. The van der Waals surface area contributed by atoms with Crippen molar-refractivity contribution < 1.29 is 23.1 Å². The van der Waals surface area contributed by atoms with Crippen molar-refractivity contribution in [1.29, 1.82) is 0 Å². The van der Waals surface area contributed by atoms with Gasteiger partial charge in [0.1, 0.15) is 5.82 Å². The number of hydrogen-bond donors (Lipinski definition) is 1. The van der Waals surface area contributed by atoms with E-state index in [-0.39, 0.29) is 17.6 Å². The molecule has 1 aliphatic rings. The monoisotopic (exact) mass is 493 g/mol. The van der Waals surface area contributed by atoms with E-state index in [0.717, 1.165) is 0 Å². The van der Waals surface area contributed by atoms with Crippen molar-refractivity contribution in [2.45, 2.75) is 6.04 Å². The van der Waals surface area contributed by atoms with Crippen LogP contribution in [0.25, 0.3) is 16.5 Å². The fourth-order valence-corrected chi connectivity index (χ4v) is 5.49. The molecule has 1 N–H and O–H groups in total. The average molecular weight is 494 g/mol. The van der Waals surface area contributed by atoms with Crippen molar-refractivity contribution in [1.82, 2.24) is 24.4 Å². The summed E-state index contributed by atoms with van der Waals surface area (Å²) < 4.78 is 27.0. The molecule has 1 aliphatic heterocycles. The molecular weight excluding hydrogens is 473 g/mol. The van der Waals surface area contributed by atoms with E-state index in [1.54, 1.807) is 47.4 Å². The summed E-state index contributed by atoms with van der Waals surface area (Å²) >= 11 is 1.25. The molecule has 1 atom stereocenters. The average Bonchev–Trinajstić information content (AvgIpc) is 3.68.